The fraction of sp³-hybridized carbons (Fsp3) is 0.269. The van der Waals surface area contributed by atoms with Gasteiger partial charge in [0.05, 0.1) is 24.0 Å². The Balaban J connectivity index is 1.41. The fourth-order valence-electron chi connectivity index (χ4n) is 4.16. The maximum Gasteiger partial charge on any atom is 0.254 e. The second-order valence-corrected chi connectivity index (χ2v) is 8.50. The molecule has 34 heavy (non-hydrogen) atoms. The van der Waals surface area contributed by atoms with E-state index in [1.165, 1.54) is 9.80 Å². The number of anilines is 1. The minimum absolute atomic E-state index is 0.136. The number of nitrogens with zero attached hydrogens (tertiary/aromatic N) is 4. The molecule has 2 atom stereocenters. The lowest BCUT2D eigenvalue weighted by Crippen LogP contribution is -2.43. The highest BCUT2D eigenvalue weighted by Crippen LogP contribution is 2.25. The zero-order valence-corrected chi connectivity index (χ0v) is 19.1. The number of aromatic nitrogens is 1. The van der Waals surface area contributed by atoms with Crippen molar-refractivity contribution in [3.8, 4) is 6.07 Å². The summed E-state index contributed by atoms with van der Waals surface area (Å²) in [5.41, 5.74) is 2.76. The number of fused-ring (bicyclic) bond motifs is 1. The molecule has 0 radical (unpaired) electrons. The lowest BCUT2D eigenvalue weighted by atomic mass is 10.0. The highest BCUT2D eigenvalue weighted by atomic mass is 16.2. The predicted molar refractivity (Wildman–Crippen MR) is 128 cm³/mol. The van der Waals surface area contributed by atoms with Crippen LogP contribution in [0.15, 0.2) is 60.8 Å². The zero-order chi connectivity index (χ0) is 24.2. The molecule has 3 aromatic rings. The van der Waals surface area contributed by atoms with E-state index >= 15 is 0 Å². The van der Waals surface area contributed by atoms with Gasteiger partial charge < -0.3 is 15.1 Å². The van der Waals surface area contributed by atoms with Crippen molar-refractivity contribution in [2.75, 3.05) is 25.5 Å². The number of carbonyl (C=O) groups excluding carboxylic acids is 3. The Kier molecular flexibility index (Phi) is 6.55. The molecule has 3 amide bonds. The van der Waals surface area contributed by atoms with Crippen molar-refractivity contribution < 1.29 is 14.4 Å². The highest BCUT2D eigenvalue weighted by Gasteiger charge is 2.39. The lowest BCUT2D eigenvalue weighted by molar-refractivity contribution is -0.131. The van der Waals surface area contributed by atoms with Crippen LogP contribution in [-0.2, 0) is 9.59 Å². The van der Waals surface area contributed by atoms with Gasteiger partial charge in [-0.2, -0.15) is 5.26 Å². The Morgan fingerprint density at radius 1 is 1.18 bits per heavy atom. The normalized spacial score (nSPS) is 17.3. The number of carbonyl (C=O) groups is 3. The van der Waals surface area contributed by atoms with Crippen LogP contribution in [0.3, 0.4) is 0 Å². The molecule has 2 unspecified atom stereocenters. The van der Waals surface area contributed by atoms with Crippen molar-refractivity contribution in [3.05, 3.63) is 71.9 Å². The zero-order valence-electron chi connectivity index (χ0n) is 19.1. The van der Waals surface area contributed by atoms with Crippen molar-refractivity contribution in [1.29, 1.82) is 5.26 Å². The molecule has 0 bridgehead atoms. The summed E-state index contributed by atoms with van der Waals surface area (Å²) in [6.45, 7) is 1.84. The SMILES string of the molecule is Cc1ccccc1NC(=O)C1CC(C#N)N(C(=O)CN(C)C(=O)c2ccc3cccnc3c2)C1. The number of pyridine rings is 1. The molecule has 1 aromatic heterocycles. The van der Waals surface area contributed by atoms with Gasteiger partial charge in [0.1, 0.15) is 6.04 Å². The van der Waals surface area contributed by atoms with E-state index in [0.29, 0.717) is 16.8 Å². The summed E-state index contributed by atoms with van der Waals surface area (Å²) in [4.78, 5) is 45.7. The van der Waals surface area contributed by atoms with Gasteiger partial charge in [-0.15, -0.1) is 0 Å². The molecule has 0 saturated carbocycles. The van der Waals surface area contributed by atoms with Crippen molar-refractivity contribution in [2.45, 2.75) is 19.4 Å². The predicted octanol–water partition coefficient (Wildman–Crippen LogP) is 2.99. The van der Waals surface area contributed by atoms with Gasteiger partial charge in [-0.05, 0) is 43.2 Å². The van der Waals surface area contributed by atoms with Crippen LogP contribution in [0.25, 0.3) is 10.9 Å². The number of amides is 3. The quantitative estimate of drug-likeness (QED) is 0.637. The number of benzene rings is 2. The first-order chi connectivity index (χ1) is 16.4. The van der Waals surface area contributed by atoms with Gasteiger partial charge in [0.2, 0.25) is 11.8 Å². The number of likely N-dealkylation sites (tertiary alicyclic amines) is 1. The molecule has 0 aliphatic carbocycles. The number of nitrogens with one attached hydrogen (secondary N) is 1. The Labute approximate surface area is 197 Å². The summed E-state index contributed by atoms with van der Waals surface area (Å²) < 4.78 is 0. The molecule has 1 N–H and O–H groups in total. The smallest absolute Gasteiger partial charge is 0.254 e. The van der Waals surface area contributed by atoms with E-state index in [-0.39, 0.29) is 37.2 Å². The van der Waals surface area contributed by atoms with Gasteiger partial charge in [0, 0.05) is 36.4 Å². The van der Waals surface area contributed by atoms with E-state index in [2.05, 4.69) is 16.4 Å². The molecule has 1 saturated heterocycles. The first kappa shape index (κ1) is 22.9. The van der Waals surface area contributed by atoms with E-state index in [1.54, 1.807) is 25.4 Å². The van der Waals surface area contributed by atoms with E-state index in [1.807, 2.05) is 49.4 Å². The van der Waals surface area contributed by atoms with E-state index < -0.39 is 12.0 Å². The number of nitriles is 1. The summed E-state index contributed by atoms with van der Waals surface area (Å²) in [6.07, 6.45) is 1.92. The molecule has 1 aliphatic rings. The number of hydrogen-bond donors (Lipinski definition) is 1. The van der Waals surface area contributed by atoms with Crippen LogP contribution in [-0.4, -0.2) is 58.7 Å². The van der Waals surface area contributed by atoms with Crippen LogP contribution in [0.5, 0.6) is 0 Å². The third-order valence-corrected chi connectivity index (χ3v) is 6.12. The van der Waals surface area contributed by atoms with Crippen molar-refractivity contribution >= 4 is 34.3 Å². The third-order valence-electron chi connectivity index (χ3n) is 6.12. The molecule has 2 aromatic carbocycles. The Morgan fingerprint density at radius 3 is 2.74 bits per heavy atom. The number of hydrogen-bond acceptors (Lipinski definition) is 5. The summed E-state index contributed by atoms with van der Waals surface area (Å²) >= 11 is 0. The van der Waals surface area contributed by atoms with Gasteiger partial charge in [-0.25, -0.2) is 0 Å². The second-order valence-electron chi connectivity index (χ2n) is 8.50. The molecule has 172 valence electrons. The van der Waals surface area contributed by atoms with Crippen LogP contribution in [0.2, 0.25) is 0 Å². The minimum atomic E-state index is -0.714. The van der Waals surface area contributed by atoms with Crippen LogP contribution < -0.4 is 5.32 Å². The number of aryl methyl sites for hydroxylation is 1. The summed E-state index contributed by atoms with van der Waals surface area (Å²) in [7, 11) is 1.54. The van der Waals surface area contributed by atoms with Crippen LogP contribution in [0.4, 0.5) is 5.69 Å². The number of likely N-dealkylation sites (N-methyl/N-ethyl adjacent to an activating group) is 1. The highest BCUT2D eigenvalue weighted by molar-refractivity contribution is 5.99. The van der Waals surface area contributed by atoms with E-state index in [0.717, 1.165) is 10.9 Å². The summed E-state index contributed by atoms with van der Waals surface area (Å²) in [5, 5.41) is 13.4. The standard InChI is InChI=1S/C26H25N5O3/c1-17-6-3-4-8-22(17)29-25(33)20-12-21(14-27)31(15-20)24(32)16-30(2)26(34)19-10-9-18-7-5-11-28-23(18)13-19/h3-11,13,20-21H,12,15-16H2,1-2H3,(H,29,33). The van der Waals surface area contributed by atoms with Crippen molar-refractivity contribution in [2.24, 2.45) is 5.92 Å². The largest absolute Gasteiger partial charge is 0.332 e. The van der Waals surface area contributed by atoms with Crippen molar-refractivity contribution in [3.63, 3.8) is 0 Å². The van der Waals surface area contributed by atoms with Gasteiger partial charge in [-0.1, -0.05) is 30.3 Å². The minimum Gasteiger partial charge on any atom is -0.332 e. The molecule has 1 aliphatic heterocycles. The van der Waals surface area contributed by atoms with Gasteiger partial charge in [-0.3, -0.25) is 19.4 Å². The van der Waals surface area contributed by atoms with Crippen LogP contribution in [0.1, 0.15) is 22.3 Å². The second kappa shape index (κ2) is 9.71. The molecular weight excluding hydrogens is 430 g/mol. The van der Waals surface area contributed by atoms with Gasteiger partial charge in [0.25, 0.3) is 5.91 Å². The first-order valence-corrected chi connectivity index (χ1v) is 11.0. The van der Waals surface area contributed by atoms with E-state index in [4.69, 9.17) is 0 Å². The molecule has 8 nitrogen and oxygen atoms in total. The Bertz CT molecular complexity index is 1300. The van der Waals surface area contributed by atoms with Gasteiger partial charge >= 0.3 is 0 Å². The molecule has 1 fully saturated rings. The number of para-hydroxylation sites is 1. The third kappa shape index (κ3) is 4.74. The first-order valence-electron chi connectivity index (χ1n) is 11.0. The Morgan fingerprint density at radius 2 is 1.97 bits per heavy atom. The molecule has 8 heteroatoms. The number of rotatable bonds is 5. The van der Waals surface area contributed by atoms with E-state index in [9.17, 15) is 19.6 Å². The topological polar surface area (TPSA) is 106 Å². The van der Waals surface area contributed by atoms with Crippen LogP contribution >= 0.6 is 0 Å². The molecule has 0 spiro atoms. The molecule has 2 heterocycles. The maximum atomic E-state index is 13.0. The average molecular weight is 456 g/mol. The van der Waals surface area contributed by atoms with Crippen LogP contribution in [0, 0.1) is 24.2 Å². The molecule has 4 rings (SSSR count). The van der Waals surface area contributed by atoms with Crippen molar-refractivity contribution in [1.82, 2.24) is 14.8 Å². The Hall–Kier alpha value is -4.25. The monoisotopic (exact) mass is 455 g/mol. The summed E-state index contributed by atoms with van der Waals surface area (Å²) in [5.74, 6) is -1.41. The van der Waals surface area contributed by atoms with Gasteiger partial charge in [0.15, 0.2) is 0 Å². The fourth-order valence-corrected chi connectivity index (χ4v) is 4.16. The molecular formula is C26H25N5O3. The maximum absolute atomic E-state index is 13.0. The summed E-state index contributed by atoms with van der Waals surface area (Å²) in [6, 6.07) is 17.8. The lowest BCUT2D eigenvalue weighted by Gasteiger charge is -2.24. The average Bonchev–Trinajstić information content (AvgIpc) is 3.29.